The van der Waals surface area contributed by atoms with Gasteiger partial charge in [-0.15, -0.1) is 0 Å². The average Bonchev–Trinajstić information content (AvgIpc) is 3.01. The van der Waals surface area contributed by atoms with Gasteiger partial charge in [-0.3, -0.25) is 4.79 Å². The molecule has 3 nitrogen and oxygen atoms in total. The highest BCUT2D eigenvalue weighted by atomic mass is 19.1. The van der Waals surface area contributed by atoms with Crippen molar-refractivity contribution in [2.75, 3.05) is 0 Å². The number of fused-ring (bicyclic) bond motifs is 1. The summed E-state index contributed by atoms with van der Waals surface area (Å²) in [6.45, 7) is 1.85. The van der Waals surface area contributed by atoms with Gasteiger partial charge in [-0.2, -0.15) is 0 Å². The van der Waals surface area contributed by atoms with Gasteiger partial charge in [-0.05, 0) is 48.9 Å². The molecule has 0 aliphatic carbocycles. The molecule has 28 heavy (non-hydrogen) atoms. The largest absolute Gasteiger partial charge is 0.488 e. The van der Waals surface area contributed by atoms with Crippen molar-refractivity contribution in [3.63, 3.8) is 0 Å². The molecule has 3 aromatic carbocycles. The maximum Gasteiger partial charge on any atom is 0.231 e. The van der Waals surface area contributed by atoms with E-state index in [9.17, 15) is 13.6 Å². The molecular formula is C23H16F2O3. The summed E-state index contributed by atoms with van der Waals surface area (Å²) in [6.07, 6.45) is 1.57. The van der Waals surface area contributed by atoms with Crippen molar-refractivity contribution < 1.29 is 23.0 Å². The van der Waals surface area contributed by atoms with Crippen LogP contribution in [0.15, 0.2) is 66.4 Å². The van der Waals surface area contributed by atoms with Crippen LogP contribution in [0.2, 0.25) is 0 Å². The molecule has 0 aromatic heterocycles. The lowest BCUT2D eigenvalue weighted by Gasteiger charge is -2.12. The van der Waals surface area contributed by atoms with E-state index in [1.165, 1.54) is 18.2 Å². The lowest BCUT2D eigenvalue weighted by atomic mass is 10.1. The minimum absolute atomic E-state index is 0.0680. The summed E-state index contributed by atoms with van der Waals surface area (Å²) in [6, 6.07) is 15.5. The number of hydrogen-bond acceptors (Lipinski definition) is 3. The predicted octanol–water partition coefficient (Wildman–Crippen LogP) is 5.47. The number of Topliss-reactive ketones (excluding diaryl/α,β-unsaturated/α-hetero) is 1. The van der Waals surface area contributed by atoms with Crippen molar-refractivity contribution in [1.82, 2.24) is 0 Å². The third-order valence-corrected chi connectivity index (χ3v) is 4.55. The predicted molar refractivity (Wildman–Crippen MR) is 101 cm³/mol. The molecule has 140 valence electrons. The van der Waals surface area contributed by atoms with E-state index in [0.717, 1.165) is 0 Å². The SMILES string of the molecule is Cc1c(OCc2ccccc2F)ccc2c1O/C(=C\c1ccc(F)cc1)C2=O. The lowest BCUT2D eigenvalue weighted by Crippen LogP contribution is -2.00. The smallest absolute Gasteiger partial charge is 0.231 e. The minimum atomic E-state index is -0.350. The molecule has 0 unspecified atom stereocenters. The zero-order chi connectivity index (χ0) is 19.7. The highest BCUT2D eigenvalue weighted by Gasteiger charge is 2.30. The molecule has 0 N–H and O–H groups in total. The first kappa shape index (κ1) is 17.9. The quantitative estimate of drug-likeness (QED) is 0.565. The summed E-state index contributed by atoms with van der Waals surface area (Å²) in [5.41, 5.74) is 2.19. The molecule has 0 atom stereocenters. The summed E-state index contributed by atoms with van der Waals surface area (Å²) in [5.74, 6) is 0.162. The zero-order valence-electron chi connectivity index (χ0n) is 15.0. The van der Waals surface area contributed by atoms with E-state index in [0.29, 0.717) is 33.8 Å². The zero-order valence-corrected chi connectivity index (χ0v) is 15.0. The first-order valence-corrected chi connectivity index (χ1v) is 8.72. The Kier molecular flexibility index (Phi) is 4.65. The number of hydrogen-bond donors (Lipinski definition) is 0. The molecule has 0 spiro atoms. The monoisotopic (exact) mass is 378 g/mol. The molecular weight excluding hydrogens is 362 g/mol. The molecule has 0 amide bonds. The number of carbonyl (C=O) groups is 1. The maximum atomic E-state index is 13.8. The van der Waals surface area contributed by atoms with Gasteiger partial charge in [0.1, 0.15) is 29.7 Å². The van der Waals surface area contributed by atoms with Crippen LogP contribution in [-0.2, 0) is 6.61 Å². The Morgan fingerprint density at radius 1 is 1.00 bits per heavy atom. The molecule has 0 fully saturated rings. The van der Waals surface area contributed by atoms with E-state index in [1.807, 2.05) is 0 Å². The van der Waals surface area contributed by atoms with Gasteiger partial charge in [0.15, 0.2) is 5.76 Å². The standard InChI is InChI=1S/C23H16F2O3/c1-14-20(27-13-16-4-2-3-5-19(16)25)11-10-18-22(26)21(28-23(14)18)12-15-6-8-17(24)9-7-15/h2-12H,13H2,1H3/b21-12-. The molecule has 1 aliphatic heterocycles. The van der Waals surface area contributed by atoms with E-state index in [4.69, 9.17) is 9.47 Å². The lowest BCUT2D eigenvalue weighted by molar-refractivity contribution is 0.101. The third-order valence-electron chi connectivity index (χ3n) is 4.55. The molecule has 1 aliphatic rings. The van der Waals surface area contributed by atoms with Gasteiger partial charge in [-0.1, -0.05) is 30.3 Å². The van der Waals surface area contributed by atoms with Crippen molar-refractivity contribution in [2.24, 2.45) is 0 Å². The van der Waals surface area contributed by atoms with Crippen LogP contribution < -0.4 is 9.47 Å². The molecule has 0 saturated carbocycles. The Labute approximate surface area is 160 Å². The summed E-state index contributed by atoms with van der Waals surface area (Å²) in [4.78, 5) is 12.6. The first-order chi connectivity index (χ1) is 13.5. The van der Waals surface area contributed by atoms with Crippen molar-refractivity contribution in [3.05, 3.63) is 100 Å². The van der Waals surface area contributed by atoms with Crippen molar-refractivity contribution >= 4 is 11.9 Å². The highest BCUT2D eigenvalue weighted by Crippen LogP contribution is 2.39. The normalized spacial score (nSPS) is 14.1. The first-order valence-electron chi connectivity index (χ1n) is 8.72. The second-order valence-corrected chi connectivity index (χ2v) is 6.44. The van der Waals surface area contributed by atoms with Gasteiger partial charge < -0.3 is 9.47 Å². The minimum Gasteiger partial charge on any atom is -0.488 e. The number of allylic oxidation sites excluding steroid dienone is 1. The Morgan fingerprint density at radius 2 is 1.75 bits per heavy atom. The van der Waals surface area contributed by atoms with Crippen LogP contribution in [0.3, 0.4) is 0 Å². The van der Waals surface area contributed by atoms with Gasteiger partial charge in [0.2, 0.25) is 5.78 Å². The summed E-state index contributed by atoms with van der Waals surface area (Å²) >= 11 is 0. The Balaban J connectivity index is 1.58. The van der Waals surface area contributed by atoms with Gasteiger partial charge in [0, 0.05) is 11.1 Å². The molecule has 5 heteroatoms. The van der Waals surface area contributed by atoms with Gasteiger partial charge in [0.25, 0.3) is 0 Å². The molecule has 0 radical (unpaired) electrons. The van der Waals surface area contributed by atoms with Crippen molar-refractivity contribution in [3.8, 4) is 11.5 Å². The van der Waals surface area contributed by atoms with Crippen LogP contribution in [0, 0.1) is 18.6 Å². The summed E-state index contributed by atoms with van der Waals surface area (Å²) in [7, 11) is 0. The number of ether oxygens (including phenoxy) is 2. The molecule has 1 heterocycles. The Bertz CT molecular complexity index is 1090. The number of carbonyl (C=O) groups excluding carboxylic acids is 1. The van der Waals surface area contributed by atoms with Gasteiger partial charge in [0.05, 0.1) is 5.56 Å². The second kappa shape index (κ2) is 7.27. The second-order valence-electron chi connectivity index (χ2n) is 6.44. The Hall–Kier alpha value is -3.47. The van der Waals surface area contributed by atoms with Crippen molar-refractivity contribution in [2.45, 2.75) is 13.5 Å². The van der Waals surface area contributed by atoms with Crippen molar-refractivity contribution in [1.29, 1.82) is 0 Å². The highest BCUT2D eigenvalue weighted by molar-refractivity contribution is 6.14. The number of ketones is 1. The van der Waals surface area contributed by atoms with Crippen LogP contribution in [0.5, 0.6) is 11.5 Å². The topological polar surface area (TPSA) is 35.5 Å². The molecule has 0 bridgehead atoms. The van der Waals surface area contributed by atoms with Gasteiger partial charge in [-0.25, -0.2) is 8.78 Å². The van der Waals surface area contributed by atoms with E-state index >= 15 is 0 Å². The van der Waals surface area contributed by atoms with E-state index in [1.54, 1.807) is 55.5 Å². The Morgan fingerprint density at radius 3 is 2.50 bits per heavy atom. The van der Waals surface area contributed by atoms with Crippen LogP contribution in [-0.4, -0.2) is 5.78 Å². The summed E-state index contributed by atoms with van der Waals surface area (Å²) < 4.78 is 38.3. The fraction of sp³-hybridized carbons (Fsp3) is 0.0870. The fourth-order valence-electron chi connectivity index (χ4n) is 3.01. The van der Waals surface area contributed by atoms with Crippen LogP contribution >= 0.6 is 0 Å². The third kappa shape index (κ3) is 3.39. The summed E-state index contributed by atoms with van der Waals surface area (Å²) in [5, 5.41) is 0. The van der Waals surface area contributed by atoms with E-state index in [2.05, 4.69) is 0 Å². The maximum absolute atomic E-state index is 13.8. The average molecular weight is 378 g/mol. The fourth-order valence-corrected chi connectivity index (χ4v) is 3.01. The number of benzene rings is 3. The molecule has 4 rings (SSSR count). The van der Waals surface area contributed by atoms with E-state index < -0.39 is 0 Å². The number of halogens is 2. The van der Waals surface area contributed by atoms with Crippen LogP contribution in [0.25, 0.3) is 6.08 Å². The van der Waals surface area contributed by atoms with Gasteiger partial charge >= 0.3 is 0 Å². The number of rotatable bonds is 4. The van der Waals surface area contributed by atoms with E-state index in [-0.39, 0.29) is 29.8 Å². The molecule has 0 saturated heterocycles. The van der Waals surface area contributed by atoms with Crippen LogP contribution in [0.4, 0.5) is 8.78 Å². The molecule has 3 aromatic rings. The van der Waals surface area contributed by atoms with Crippen LogP contribution in [0.1, 0.15) is 27.0 Å².